The number of unbranched alkanes of at least 4 members (excludes halogenated alkanes) is 1. The Kier molecular flexibility index (Phi) is 5.09. The van der Waals surface area contributed by atoms with E-state index in [2.05, 4.69) is 36.2 Å². The molecule has 1 aliphatic carbocycles. The van der Waals surface area contributed by atoms with Crippen LogP contribution in [0.25, 0.3) is 12.2 Å². The third-order valence-electron chi connectivity index (χ3n) is 3.10. The van der Waals surface area contributed by atoms with Gasteiger partial charge in [-0.25, -0.2) is 0 Å². The predicted octanol–water partition coefficient (Wildman–Crippen LogP) is 2.69. The van der Waals surface area contributed by atoms with Gasteiger partial charge in [-0.2, -0.15) is 15.0 Å². The molecule has 0 N–H and O–H groups in total. The number of rotatable bonds is 6. The number of nitrogens with zero attached hydrogens (tertiary/aromatic N) is 3. The third-order valence-corrected chi connectivity index (χ3v) is 3.10. The van der Waals surface area contributed by atoms with Crippen molar-refractivity contribution in [2.45, 2.75) is 39.7 Å². The predicted molar refractivity (Wildman–Crippen MR) is 77.7 cm³/mol. The van der Waals surface area contributed by atoms with Crippen molar-refractivity contribution < 1.29 is 9.53 Å². The average molecular weight is 275 g/mol. The molecule has 0 unspecified atom stereocenters. The number of aromatic nitrogens is 3. The largest absolute Gasteiger partial charge is 0.466 e. The molecular formula is C15H21N3O2. The molecule has 0 bridgehead atoms. The number of hydrogen-bond donors (Lipinski definition) is 0. The van der Waals surface area contributed by atoms with Crippen LogP contribution < -0.4 is 0 Å². The van der Waals surface area contributed by atoms with Crippen LogP contribution in [0, 0.1) is 5.92 Å². The summed E-state index contributed by atoms with van der Waals surface area (Å²) >= 11 is 0. The molecule has 0 saturated heterocycles. The summed E-state index contributed by atoms with van der Waals surface area (Å²) in [5.74, 6) is 0.207. The summed E-state index contributed by atoms with van der Waals surface area (Å²) in [7, 11) is 0. The van der Waals surface area contributed by atoms with Gasteiger partial charge in [-0.15, -0.1) is 0 Å². The smallest absolute Gasteiger partial charge is 0.307 e. The van der Waals surface area contributed by atoms with Crippen LogP contribution in [0.15, 0.2) is 12.2 Å². The maximum Gasteiger partial charge on any atom is 0.307 e. The number of ether oxygens (including phenoxy) is 1. The first-order valence-electron chi connectivity index (χ1n) is 7.16. The minimum atomic E-state index is -0.189. The summed E-state index contributed by atoms with van der Waals surface area (Å²) in [4.78, 5) is 13.1. The second-order valence-electron chi connectivity index (χ2n) is 4.97. The van der Waals surface area contributed by atoms with Gasteiger partial charge in [-0.1, -0.05) is 32.4 Å². The fourth-order valence-corrected chi connectivity index (χ4v) is 1.85. The maximum absolute atomic E-state index is 11.5. The lowest BCUT2D eigenvalue weighted by Crippen LogP contribution is -2.11. The molecule has 0 radical (unpaired) electrons. The van der Waals surface area contributed by atoms with Gasteiger partial charge in [0.2, 0.25) is 0 Å². The zero-order valence-corrected chi connectivity index (χ0v) is 12.1. The second kappa shape index (κ2) is 7.03. The van der Waals surface area contributed by atoms with Crippen LogP contribution in [0.1, 0.15) is 44.5 Å². The molecule has 0 aliphatic heterocycles. The summed E-state index contributed by atoms with van der Waals surface area (Å²) in [5.41, 5.74) is 1.70. The molecule has 0 saturated carbocycles. The summed E-state index contributed by atoms with van der Waals surface area (Å²) in [6.45, 7) is 5.13. The molecule has 0 amide bonds. The Balaban J connectivity index is 1.86. The van der Waals surface area contributed by atoms with E-state index in [1.54, 1.807) is 4.80 Å². The molecule has 0 spiro atoms. The lowest BCUT2D eigenvalue weighted by atomic mass is 10.2. The van der Waals surface area contributed by atoms with E-state index >= 15 is 0 Å². The van der Waals surface area contributed by atoms with Crippen LogP contribution in [0.2, 0.25) is 0 Å². The summed E-state index contributed by atoms with van der Waals surface area (Å²) in [6.07, 6.45) is 10.4. The quantitative estimate of drug-likeness (QED) is 0.591. The highest BCUT2D eigenvalue weighted by Gasteiger charge is 2.10. The van der Waals surface area contributed by atoms with Crippen LogP contribution in [0.5, 0.6) is 0 Å². The lowest BCUT2D eigenvalue weighted by molar-refractivity contribution is -0.144. The van der Waals surface area contributed by atoms with E-state index in [9.17, 15) is 4.79 Å². The fraction of sp³-hybridized carbons (Fsp3) is 0.533. The number of aryl methyl sites for hydroxylation is 1. The van der Waals surface area contributed by atoms with E-state index in [4.69, 9.17) is 4.74 Å². The van der Waals surface area contributed by atoms with Gasteiger partial charge in [0.05, 0.1) is 19.6 Å². The standard InChI is InChI=1S/C15H21N3O2/c1-3-4-11-20-15(19)9-10-18-16-13-7-5-12(2)6-8-14(13)17-18/h5-8,12H,3-4,9-11H2,1-2H3. The number of esters is 1. The number of allylic oxidation sites excluding steroid dienone is 2. The van der Waals surface area contributed by atoms with Gasteiger partial charge in [-0.05, 0) is 24.5 Å². The average Bonchev–Trinajstić information content (AvgIpc) is 2.75. The lowest BCUT2D eigenvalue weighted by Gasteiger charge is -2.03. The van der Waals surface area contributed by atoms with Gasteiger partial charge < -0.3 is 4.74 Å². The molecule has 1 aromatic heterocycles. The minimum Gasteiger partial charge on any atom is -0.466 e. The Morgan fingerprint density at radius 1 is 1.30 bits per heavy atom. The van der Waals surface area contributed by atoms with Crippen molar-refractivity contribution in [1.82, 2.24) is 15.0 Å². The van der Waals surface area contributed by atoms with E-state index in [0.717, 1.165) is 24.2 Å². The Bertz CT molecular complexity index is 486. The number of hydrogen-bond acceptors (Lipinski definition) is 4. The topological polar surface area (TPSA) is 57.0 Å². The molecule has 1 heterocycles. The van der Waals surface area contributed by atoms with Crippen LogP contribution >= 0.6 is 0 Å². The molecule has 0 aromatic carbocycles. The highest BCUT2D eigenvalue weighted by Crippen LogP contribution is 2.16. The van der Waals surface area contributed by atoms with E-state index in [-0.39, 0.29) is 5.97 Å². The summed E-state index contributed by atoms with van der Waals surface area (Å²) in [5, 5.41) is 8.75. The van der Waals surface area contributed by atoms with Crippen LogP contribution in [0.3, 0.4) is 0 Å². The Morgan fingerprint density at radius 3 is 2.55 bits per heavy atom. The monoisotopic (exact) mass is 275 g/mol. The van der Waals surface area contributed by atoms with Gasteiger partial charge in [0.25, 0.3) is 0 Å². The SMILES string of the molecule is CCCCOC(=O)CCn1nc2c(n1)C=CC(C)C=C2. The first-order valence-corrected chi connectivity index (χ1v) is 7.16. The number of fused-ring (bicyclic) bond motifs is 1. The van der Waals surface area contributed by atoms with Crippen molar-refractivity contribution in [3.63, 3.8) is 0 Å². The molecular weight excluding hydrogens is 254 g/mol. The van der Waals surface area contributed by atoms with Crippen LogP contribution in [-0.2, 0) is 16.1 Å². The molecule has 20 heavy (non-hydrogen) atoms. The summed E-state index contributed by atoms with van der Waals surface area (Å²) < 4.78 is 5.10. The van der Waals surface area contributed by atoms with Crippen LogP contribution in [-0.4, -0.2) is 27.6 Å². The summed E-state index contributed by atoms with van der Waals surface area (Å²) in [6, 6.07) is 0. The van der Waals surface area contributed by atoms with Crippen LogP contribution in [0.4, 0.5) is 0 Å². The molecule has 108 valence electrons. The Hall–Kier alpha value is -1.91. The van der Waals surface area contributed by atoms with Gasteiger partial charge in [0.1, 0.15) is 11.4 Å². The molecule has 0 atom stereocenters. The van der Waals surface area contributed by atoms with Crippen molar-refractivity contribution >= 4 is 18.1 Å². The first kappa shape index (κ1) is 14.5. The molecule has 0 fully saturated rings. The van der Waals surface area contributed by atoms with Gasteiger partial charge in [0, 0.05) is 0 Å². The zero-order chi connectivity index (χ0) is 14.4. The Morgan fingerprint density at radius 2 is 1.95 bits per heavy atom. The molecule has 2 rings (SSSR count). The highest BCUT2D eigenvalue weighted by molar-refractivity contribution is 5.69. The molecule has 5 heteroatoms. The van der Waals surface area contributed by atoms with Crippen molar-refractivity contribution in [1.29, 1.82) is 0 Å². The molecule has 1 aromatic rings. The zero-order valence-electron chi connectivity index (χ0n) is 12.1. The number of carbonyl (C=O) groups excluding carboxylic acids is 1. The first-order chi connectivity index (χ1) is 9.69. The Labute approximate surface area is 119 Å². The third kappa shape index (κ3) is 4.05. The van der Waals surface area contributed by atoms with E-state index in [1.165, 1.54) is 0 Å². The van der Waals surface area contributed by atoms with Crippen molar-refractivity contribution in [2.24, 2.45) is 5.92 Å². The molecule has 5 nitrogen and oxygen atoms in total. The van der Waals surface area contributed by atoms with Crippen molar-refractivity contribution in [2.75, 3.05) is 6.61 Å². The van der Waals surface area contributed by atoms with Gasteiger partial charge >= 0.3 is 5.97 Å². The van der Waals surface area contributed by atoms with Crippen molar-refractivity contribution in [3.8, 4) is 0 Å². The highest BCUT2D eigenvalue weighted by atomic mass is 16.5. The van der Waals surface area contributed by atoms with E-state index in [0.29, 0.717) is 25.5 Å². The van der Waals surface area contributed by atoms with E-state index < -0.39 is 0 Å². The molecule has 1 aliphatic rings. The number of carbonyl (C=O) groups is 1. The van der Waals surface area contributed by atoms with E-state index in [1.807, 2.05) is 12.2 Å². The fourth-order valence-electron chi connectivity index (χ4n) is 1.85. The minimum absolute atomic E-state index is 0.189. The second-order valence-corrected chi connectivity index (χ2v) is 4.97. The normalized spacial score (nSPS) is 14.1. The van der Waals surface area contributed by atoms with Gasteiger partial charge in [0.15, 0.2) is 0 Å². The van der Waals surface area contributed by atoms with Crippen molar-refractivity contribution in [3.05, 3.63) is 23.5 Å². The maximum atomic E-state index is 11.5. The van der Waals surface area contributed by atoms with Gasteiger partial charge in [-0.3, -0.25) is 4.79 Å².